The largest absolute Gasteiger partial charge is 0.481 e. The zero-order valence-electron chi connectivity index (χ0n) is 19.3. The molecule has 4 aromatic rings. The Labute approximate surface area is 196 Å². The molecule has 1 aromatic carbocycles. The lowest BCUT2D eigenvalue weighted by molar-refractivity contribution is 0.185. The van der Waals surface area contributed by atoms with Crippen LogP contribution in [0.1, 0.15) is 23.6 Å². The summed E-state index contributed by atoms with van der Waals surface area (Å²) in [7, 11) is -2.04. The topological polar surface area (TPSA) is 136 Å². The third-order valence-corrected chi connectivity index (χ3v) is 5.76. The molecule has 11 heteroatoms. The minimum atomic E-state index is -3.67. The van der Waals surface area contributed by atoms with Crippen LogP contribution in [0, 0.1) is 13.8 Å². The van der Waals surface area contributed by atoms with Crippen molar-refractivity contribution in [1.82, 2.24) is 19.7 Å². The SMILES string of the molecule is COc1ncc(C)c(-c2ccc3c(c2)[nH]c(=O)c2cnn(C4CCOC4)c23)c1C.CS(=O)(=O)O. The fraction of sp³-hybridized carbons (Fsp3) is 0.348. The summed E-state index contributed by atoms with van der Waals surface area (Å²) < 4.78 is 38.7. The van der Waals surface area contributed by atoms with Crippen LogP contribution in [0.2, 0.25) is 0 Å². The maximum absolute atomic E-state index is 12.7. The standard InChI is InChI=1S/C22H22N4O3.CH4O3S/c1-12-9-23-22(28-3)13(2)19(12)14-4-5-16-18(8-14)25-21(27)17-10-24-26(20(16)17)15-6-7-29-11-15;1-5(2,3)4/h4-5,8-10,15H,6-7,11H2,1-3H3,(H,25,27);1H3,(H,2,3,4). The predicted molar refractivity (Wildman–Crippen MR) is 129 cm³/mol. The highest BCUT2D eigenvalue weighted by Gasteiger charge is 2.22. The van der Waals surface area contributed by atoms with Crippen LogP contribution >= 0.6 is 0 Å². The summed E-state index contributed by atoms with van der Waals surface area (Å²) in [5.41, 5.74) is 5.64. The molecule has 1 unspecified atom stereocenters. The summed E-state index contributed by atoms with van der Waals surface area (Å²) in [4.78, 5) is 20.1. The highest BCUT2D eigenvalue weighted by atomic mass is 32.2. The Bertz CT molecular complexity index is 1530. The van der Waals surface area contributed by atoms with E-state index in [1.165, 1.54) is 0 Å². The number of methoxy groups -OCH3 is 1. The molecule has 0 saturated carbocycles. The average molecular weight is 487 g/mol. The Morgan fingerprint density at radius 1 is 1.24 bits per heavy atom. The van der Waals surface area contributed by atoms with E-state index in [2.05, 4.69) is 27.2 Å². The third-order valence-electron chi connectivity index (χ3n) is 5.76. The van der Waals surface area contributed by atoms with Crippen molar-refractivity contribution in [2.24, 2.45) is 0 Å². The first-order valence-corrected chi connectivity index (χ1v) is 12.5. The normalized spacial score (nSPS) is 16.0. The van der Waals surface area contributed by atoms with Crippen LogP contribution in [0.5, 0.6) is 5.88 Å². The molecule has 2 N–H and O–H groups in total. The first-order chi connectivity index (χ1) is 16.1. The monoisotopic (exact) mass is 486 g/mol. The molecular weight excluding hydrogens is 460 g/mol. The molecule has 0 radical (unpaired) electrons. The zero-order valence-corrected chi connectivity index (χ0v) is 20.1. The van der Waals surface area contributed by atoms with Gasteiger partial charge in [-0.1, -0.05) is 12.1 Å². The molecule has 34 heavy (non-hydrogen) atoms. The second-order valence-corrected chi connectivity index (χ2v) is 9.73. The zero-order chi connectivity index (χ0) is 24.6. The Morgan fingerprint density at radius 3 is 2.62 bits per heavy atom. The maximum Gasteiger partial charge on any atom is 0.261 e. The van der Waals surface area contributed by atoms with Gasteiger partial charge in [-0.05, 0) is 43.0 Å². The van der Waals surface area contributed by atoms with Gasteiger partial charge in [-0.3, -0.25) is 14.0 Å². The molecule has 1 saturated heterocycles. The van der Waals surface area contributed by atoms with Crippen LogP contribution < -0.4 is 10.3 Å². The minimum absolute atomic E-state index is 0.129. The van der Waals surface area contributed by atoms with E-state index in [1.807, 2.05) is 30.8 Å². The summed E-state index contributed by atoms with van der Waals surface area (Å²) in [6.07, 6.45) is 5.08. The van der Waals surface area contributed by atoms with Gasteiger partial charge in [-0.2, -0.15) is 13.5 Å². The molecule has 1 atom stereocenters. The summed E-state index contributed by atoms with van der Waals surface area (Å²) in [6, 6.07) is 6.32. The van der Waals surface area contributed by atoms with E-state index in [0.29, 0.717) is 24.1 Å². The number of ether oxygens (including phenoxy) is 2. The van der Waals surface area contributed by atoms with Crippen LogP contribution in [0.4, 0.5) is 0 Å². The van der Waals surface area contributed by atoms with Gasteiger partial charge in [-0.15, -0.1) is 0 Å². The summed E-state index contributed by atoms with van der Waals surface area (Å²) in [5.74, 6) is 0.606. The third kappa shape index (κ3) is 4.67. The molecule has 0 spiro atoms. The Balaban J connectivity index is 0.000000499. The van der Waals surface area contributed by atoms with Gasteiger partial charge in [0.25, 0.3) is 15.7 Å². The van der Waals surface area contributed by atoms with Crippen molar-refractivity contribution >= 4 is 31.9 Å². The van der Waals surface area contributed by atoms with Gasteiger partial charge in [0.2, 0.25) is 5.88 Å². The number of aromatic amines is 1. The van der Waals surface area contributed by atoms with Crippen molar-refractivity contribution in [2.75, 3.05) is 26.6 Å². The molecule has 1 fully saturated rings. The molecule has 180 valence electrons. The van der Waals surface area contributed by atoms with Gasteiger partial charge in [0.1, 0.15) is 0 Å². The van der Waals surface area contributed by atoms with E-state index in [9.17, 15) is 13.2 Å². The van der Waals surface area contributed by atoms with Gasteiger partial charge in [-0.25, -0.2) is 4.98 Å². The second kappa shape index (κ2) is 9.16. The number of hydrogen-bond donors (Lipinski definition) is 2. The minimum Gasteiger partial charge on any atom is -0.481 e. The van der Waals surface area contributed by atoms with Gasteiger partial charge in [0.15, 0.2) is 0 Å². The van der Waals surface area contributed by atoms with Crippen molar-refractivity contribution in [3.05, 3.63) is 52.1 Å². The van der Waals surface area contributed by atoms with Gasteiger partial charge >= 0.3 is 0 Å². The highest BCUT2D eigenvalue weighted by Crippen LogP contribution is 2.34. The van der Waals surface area contributed by atoms with Gasteiger partial charge in [0, 0.05) is 23.8 Å². The Kier molecular flexibility index (Phi) is 6.43. The van der Waals surface area contributed by atoms with E-state index in [-0.39, 0.29) is 11.6 Å². The number of aryl methyl sites for hydroxylation is 1. The Hall–Kier alpha value is -3.28. The number of hydrogen-bond acceptors (Lipinski definition) is 7. The second-order valence-electron chi connectivity index (χ2n) is 8.27. The number of H-pyrrole nitrogens is 1. The van der Waals surface area contributed by atoms with E-state index < -0.39 is 10.1 Å². The smallest absolute Gasteiger partial charge is 0.261 e. The van der Waals surface area contributed by atoms with Crippen LogP contribution in [0.15, 0.2) is 35.4 Å². The van der Waals surface area contributed by atoms with Gasteiger partial charge in [0.05, 0.1) is 48.6 Å². The number of rotatable bonds is 3. The van der Waals surface area contributed by atoms with Crippen LogP contribution in [-0.2, 0) is 14.9 Å². The van der Waals surface area contributed by atoms with Crippen LogP contribution in [0.3, 0.4) is 0 Å². The highest BCUT2D eigenvalue weighted by molar-refractivity contribution is 7.85. The number of pyridine rings is 2. The molecule has 5 rings (SSSR count). The molecule has 1 aliphatic rings. The summed E-state index contributed by atoms with van der Waals surface area (Å²) >= 11 is 0. The van der Waals surface area contributed by atoms with Crippen molar-refractivity contribution in [2.45, 2.75) is 26.3 Å². The van der Waals surface area contributed by atoms with E-state index in [1.54, 1.807) is 13.3 Å². The number of fused-ring (bicyclic) bond motifs is 3. The van der Waals surface area contributed by atoms with Crippen molar-refractivity contribution in [3.8, 4) is 17.0 Å². The molecule has 0 bridgehead atoms. The van der Waals surface area contributed by atoms with Crippen molar-refractivity contribution in [1.29, 1.82) is 0 Å². The molecule has 0 aliphatic carbocycles. The maximum atomic E-state index is 12.7. The molecule has 0 amide bonds. The lowest BCUT2D eigenvalue weighted by Crippen LogP contribution is -2.12. The van der Waals surface area contributed by atoms with Crippen LogP contribution in [0.25, 0.3) is 32.9 Å². The molecular formula is C23H26N4O6S. The predicted octanol–water partition coefficient (Wildman–Crippen LogP) is 3.03. The van der Waals surface area contributed by atoms with Crippen LogP contribution in [-0.4, -0.2) is 59.3 Å². The average Bonchev–Trinajstić information content (AvgIpc) is 3.43. The Morgan fingerprint density at radius 2 is 1.97 bits per heavy atom. The fourth-order valence-corrected chi connectivity index (χ4v) is 4.36. The van der Waals surface area contributed by atoms with E-state index in [4.69, 9.17) is 14.0 Å². The number of nitrogens with zero attached hydrogens (tertiary/aromatic N) is 3. The molecule has 1 aliphatic heterocycles. The van der Waals surface area contributed by atoms with E-state index in [0.717, 1.165) is 51.7 Å². The molecule has 4 heterocycles. The van der Waals surface area contributed by atoms with Crippen molar-refractivity contribution < 1.29 is 22.4 Å². The summed E-state index contributed by atoms with van der Waals surface area (Å²) in [6.45, 7) is 5.37. The number of benzene rings is 1. The summed E-state index contributed by atoms with van der Waals surface area (Å²) in [5, 5.41) is 6.09. The lowest BCUT2D eigenvalue weighted by Gasteiger charge is -2.14. The fourth-order valence-electron chi connectivity index (χ4n) is 4.36. The first-order valence-electron chi connectivity index (χ1n) is 10.6. The number of nitrogens with one attached hydrogen (secondary N) is 1. The number of aromatic nitrogens is 4. The van der Waals surface area contributed by atoms with Gasteiger partial charge < -0.3 is 14.5 Å². The lowest BCUT2D eigenvalue weighted by atomic mass is 9.96. The quantitative estimate of drug-likeness (QED) is 0.422. The molecule has 3 aromatic heterocycles. The molecule has 10 nitrogen and oxygen atoms in total. The first kappa shape index (κ1) is 23.9. The van der Waals surface area contributed by atoms with E-state index >= 15 is 0 Å². The van der Waals surface area contributed by atoms with Crippen molar-refractivity contribution in [3.63, 3.8) is 0 Å².